The van der Waals surface area contributed by atoms with E-state index in [2.05, 4.69) is 15.1 Å². The smallest absolute Gasteiger partial charge is 0.222 e. The molecule has 0 saturated heterocycles. The molecule has 0 aliphatic carbocycles. The highest BCUT2D eigenvalue weighted by atomic mass is 15.3. The molecule has 22 heavy (non-hydrogen) atoms. The van der Waals surface area contributed by atoms with E-state index in [4.69, 9.17) is 11.5 Å². The molecular formula is C15H13N7. The zero-order valence-corrected chi connectivity index (χ0v) is 11.6. The predicted octanol–water partition coefficient (Wildman–Crippen LogP) is 1.42. The molecule has 0 bridgehead atoms. The van der Waals surface area contributed by atoms with E-state index in [0.717, 1.165) is 11.1 Å². The summed E-state index contributed by atoms with van der Waals surface area (Å²) in [5.41, 5.74) is 13.9. The van der Waals surface area contributed by atoms with Gasteiger partial charge in [0.2, 0.25) is 5.95 Å². The molecule has 3 aromatic rings. The average molecular weight is 291 g/mol. The topological polar surface area (TPSA) is 119 Å². The first-order valence-electron chi connectivity index (χ1n) is 6.57. The number of hydrogen-bond donors (Lipinski definition) is 2. The van der Waals surface area contributed by atoms with Crippen LogP contribution in [0, 0.1) is 11.3 Å². The lowest BCUT2D eigenvalue weighted by Crippen LogP contribution is -2.05. The number of anilines is 2. The standard InChI is InChI=1S/C15H13N7/c16-8-12-13(20-15(18)21-14(12)17)11-4-2-10(3-5-11)9-22-7-1-6-19-22/h1-7H,9H2,(H4,17,18,20,21). The lowest BCUT2D eigenvalue weighted by molar-refractivity contribution is 0.687. The van der Waals surface area contributed by atoms with Gasteiger partial charge in [-0.1, -0.05) is 24.3 Å². The number of nitriles is 1. The molecule has 0 amide bonds. The van der Waals surface area contributed by atoms with Crippen molar-refractivity contribution in [2.24, 2.45) is 0 Å². The molecule has 0 radical (unpaired) electrons. The van der Waals surface area contributed by atoms with E-state index < -0.39 is 0 Å². The lowest BCUT2D eigenvalue weighted by atomic mass is 10.1. The van der Waals surface area contributed by atoms with Gasteiger partial charge >= 0.3 is 0 Å². The van der Waals surface area contributed by atoms with E-state index in [1.54, 1.807) is 6.20 Å². The van der Waals surface area contributed by atoms with Crippen LogP contribution in [-0.4, -0.2) is 19.7 Å². The summed E-state index contributed by atoms with van der Waals surface area (Å²) < 4.78 is 1.83. The van der Waals surface area contributed by atoms with E-state index in [1.807, 2.05) is 47.3 Å². The van der Waals surface area contributed by atoms with Gasteiger partial charge in [0, 0.05) is 18.0 Å². The Labute approximate surface area is 126 Å². The van der Waals surface area contributed by atoms with E-state index in [1.165, 1.54) is 0 Å². The van der Waals surface area contributed by atoms with E-state index >= 15 is 0 Å². The third-order valence-corrected chi connectivity index (χ3v) is 3.20. The molecule has 0 aliphatic heterocycles. The number of hydrogen-bond acceptors (Lipinski definition) is 6. The van der Waals surface area contributed by atoms with Crippen LogP contribution in [-0.2, 0) is 6.54 Å². The monoisotopic (exact) mass is 291 g/mol. The van der Waals surface area contributed by atoms with Gasteiger partial charge in [0.25, 0.3) is 0 Å². The number of nitrogens with two attached hydrogens (primary N) is 2. The van der Waals surface area contributed by atoms with Crippen LogP contribution in [0.2, 0.25) is 0 Å². The first kappa shape index (κ1) is 13.6. The fourth-order valence-electron chi connectivity index (χ4n) is 2.16. The van der Waals surface area contributed by atoms with E-state index in [9.17, 15) is 5.26 Å². The summed E-state index contributed by atoms with van der Waals surface area (Å²) in [7, 11) is 0. The third kappa shape index (κ3) is 2.58. The summed E-state index contributed by atoms with van der Waals surface area (Å²) >= 11 is 0. The van der Waals surface area contributed by atoms with Crippen LogP contribution in [0.15, 0.2) is 42.7 Å². The average Bonchev–Trinajstić information content (AvgIpc) is 3.00. The maximum Gasteiger partial charge on any atom is 0.222 e. The Morgan fingerprint density at radius 2 is 1.91 bits per heavy atom. The minimum absolute atomic E-state index is 0.0483. The molecule has 2 heterocycles. The number of rotatable bonds is 3. The van der Waals surface area contributed by atoms with Crippen LogP contribution >= 0.6 is 0 Å². The van der Waals surface area contributed by atoms with Gasteiger partial charge < -0.3 is 11.5 Å². The largest absolute Gasteiger partial charge is 0.382 e. The van der Waals surface area contributed by atoms with Crippen LogP contribution in [0.3, 0.4) is 0 Å². The molecule has 0 atom stereocenters. The summed E-state index contributed by atoms with van der Waals surface area (Å²) in [6.45, 7) is 0.673. The van der Waals surface area contributed by atoms with Gasteiger partial charge in [0.1, 0.15) is 17.5 Å². The van der Waals surface area contributed by atoms with Crippen LogP contribution in [0.4, 0.5) is 11.8 Å². The molecule has 7 heteroatoms. The van der Waals surface area contributed by atoms with Gasteiger partial charge in [0.05, 0.1) is 12.2 Å². The Morgan fingerprint density at radius 1 is 1.14 bits per heavy atom. The normalized spacial score (nSPS) is 10.3. The summed E-state index contributed by atoms with van der Waals surface area (Å²) in [5.74, 6) is 0.137. The highest BCUT2D eigenvalue weighted by Crippen LogP contribution is 2.25. The Hall–Kier alpha value is -3.40. The van der Waals surface area contributed by atoms with Gasteiger partial charge in [-0.3, -0.25) is 4.68 Å². The van der Waals surface area contributed by atoms with Crippen molar-refractivity contribution >= 4 is 11.8 Å². The number of nitrogens with zero attached hydrogens (tertiary/aromatic N) is 5. The van der Waals surface area contributed by atoms with Crippen molar-refractivity contribution in [2.75, 3.05) is 11.5 Å². The Balaban J connectivity index is 1.95. The highest BCUT2D eigenvalue weighted by Gasteiger charge is 2.13. The van der Waals surface area contributed by atoms with E-state index in [0.29, 0.717) is 12.2 Å². The summed E-state index contributed by atoms with van der Waals surface area (Å²) in [4.78, 5) is 7.94. The molecule has 0 unspecified atom stereocenters. The minimum atomic E-state index is 0.0483. The molecule has 0 aliphatic rings. The quantitative estimate of drug-likeness (QED) is 0.753. The van der Waals surface area contributed by atoms with Crippen molar-refractivity contribution in [2.45, 2.75) is 6.54 Å². The third-order valence-electron chi connectivity index (χ3n) is 3.20. The maximum atomic E-state index is 9.21. The molecular weight excluding hydrogens is 278 g/mol. The van der Waals surface area contributed by atoms with Crippen LogP contribution < -0.4 is 11.5 Å². The SMILES string of the molecule is N#Cc1c(N)nc(N)nc1-c1ccc(Cn2cccn2)cc1. The van der Waals surface area contributed by atoms with Crippen molar-refractivity contribution in [3.05, 3.63) is 53.9 Å². The number of benzene rings is 1. The molecule has 1 aromatic carbocycles. The summed E-state index contributed by atoms with van der Waals surface area (Å²) in [6.07, 6.45) is 3.63. The first-order valence-corrected chi connectivity index (χ1v) is 6.57. The Morgan fingerprint density at radius 3 is 2.55 bits per heavy atom. The molecule has 108 valence electrons. The summed E-state index contributed by atoms with van der Waals surface area (Å²) in [5, 5.41) is 13.4. The number of nitrogen functional groups attached to an aromatic ring is 2. The predicted molar refractivity (Wildman–Crippen MR) is 82.3 cm³/mol. The number of aromatic nitrogens is 4. The Bertz CT molecular complexity index is 830. The van der Waals surface area contributed by atoms with Gasteiger partial charge in [-0.2, -0.15) is 15.3 Å². The summed E-state index contributed by atoms with van der Waals surface area (Å²) in [6, 6.07) is 11.5. The van der Waals surface area contributed by atoms with Crippen LogP contribution in [0.1, 0.15) is 11.1 Å². The van der Waals surface area contributed by atoms with Gasteiger partial charge in [0.15, 0.2) is 0 Å². The zero-order valence-electron chi connectivity index (χ0n) is 11.6. The lowest BCUT2D eigenvalue weighted by Gasteiger charge is -2.08. The molecule has 3 rings (SSSR count). The van der Waals surface area contributed by atoms with E-state index in [-0.39, 0.29) is 17.3 Å². The molecule has 0 saturated carbocycles. The molecule has 4 N–H and O–H groups in total. The van der Waals surface area contributed by atoms with Gasteiger partial charge in [-0.15, -0.1) is 0 Å². The fraction of sp³-hybridized carbons (Fsp3) is 0.0667. The zero-order chi connectivity index (χ0) is 15.5. The van der Waals surface area contributed by atoms with Crippen molar-refractivity contribution in [1.29, 1.82) is 5.26 Å². The van der Waals surface area contributed by atoms with Crippen molar-refractivity contribution < 1.29 is 0 Å². The van der Waals surface area contributed by atoms with Crippen LogP contribution in [0.5, 0.6) is 0 Å². The first-order chi connectivity index (χ1) is 10.7. The van der Waals surface area contributed by atoms with Crippen molar-refractivity contribution in [1.82, 2.24) is 19.7 Å². The molecule has 0 fully saturated rings. The van der Waals surface area contributed by atoms with Gasteiger partial charge in [-0.25, -0.2) is 4.98 Å². The van der Waals surface area contributed by atoms with Gasteiger partial charge in [-0.05, 0) is 11.6 Å². The van der Waals surface area contributed by atoms with Crippen molar-refractivity contribution in [3.63, 3.8) is 0 Å². The maximum absolute atomic E-state index is 9.21. The van der Waals surface area contributed by atoms with Crippen molar-refractivity contribution in [3.8, 4) is 17.3 Å². The molecule has 0 spiro atoms. The fourth-order valence-corrected chi connectivity index (χ4v) is 2.16. The second-order valence-corrected chi connectivity index (χ2v) is 4.70. The van der Waals surface area contributed by atoms with Crippen LogP contribution in [0.25, 0.3) is 11.3 Å². The molecule has 2 aromatic heterocycles. The molecule has 7 nitrogen and oxygen atoms in total. The Kier molecular flexibility index (Phi) is 3.42. The minimum Gasteiger partial charge on any atom is -0.382 e. The second kappa shape index (κ2) is 5.54. The highest BCUT2D eigenvalue weighted by molar-refractivity contribution is 5.73. The second-order valence-electron chi connectivity index (χ2n) is 4.70.